The molecule has 0 fully saturated rings. The Labute approximate surface area is 183 Å². The highest BCUT2D eigenvalue weighted by Crippen LogP contribution is 2.28. The van der Waals surface area contributed by atoms with Crippen LogP contribution in [0.4, 0.5) is 11.6 Å². The maximum Gasteiger partial charge on any atom is 0.172 e. The number of fused-ring (bicyclic) bond motifs is 1. The number of hydrogen-bond acceptors (Lipinski definition) is 6. The predicted molar refractivity (Wildman–Crippen MR) is 123 cm³/mol. The van der Waals surface area contributed by atoms with E-state index >= 15 is 0 Å². The van der Waals surface area contributed by atoms with Crippen molar-refractivity contribution in [2.24, 2.45) is 0 Å². The molecule has 0 radical (unpaired) electrons. The Morgan fingerprint density at radius 3 is 2.70 bits per heavy atom. The van der Waals surface area contributed by atoms with E-state index in [9.17, 15) is 0 Å². The van der Waals surface area contributed by atoms with E-state index in [1.807, 2.05) is 42.0 Å². The van der Waals surface area contributed by atoms with Gasteiger partial charge in [0.2, 0.25) is 0 Å². The number of hydrogen-bond donors (Lipinski definition) is 1. The smallest absolute Gasteiger partial charge is 0.172 e. The molecule has 0 saturated carbocycles. The number of methoxy groups -OCH3 is 1. The van der Waals surface area contributed by atoms with Gasteiger partial charge in [-0.1, -0.05) is 36.4 Å². The lowest BCUT2D eigenvalue weighted by atomic mass is 10.1. The van der Waals surface area contributed by atoms with Gasteiger partial charge in [-0.25, -0.2) is 9.97 Å². The summed E-state index contributed by atoms with van der Waals surface area (Å²) in [6, 6.07) is 16.3. The number of nitrogens with one attached hydrogen (secondary N) is 1. The first kappa shape index (κ1) is 20.3. The van der Waals surface area contributed by atoms with Crippen LogP contribution in [0.5, 0.6) is 0 Å². The Balaban J connectivity index is 1.60. The molecular formula is C22H23BrN6O. The van der Waals surface area contributed by atoms with Crippen molar-refractivity contribution >= 4 is 33.2 Å². The zero-order chi connectivity index (χ0) is 20.9. The minimum atomic E-state index is 0.646. The summed E-state index contributed by atoms with van der Waals surface area (Å²) in [5.74, 6) is 1.79. The van der Waals surface area contributed by atoms with Gasteiger partial charge in [0.15, 0.2) is 5.65 Å². The Morgan fingerprint density at radius 1 is 1.13 bits per heavy atom. The number of pyridine rings is 1. The van der Waals surface area contributed by atoms with E-state index < -0.39 is 0 Å². The lowest BCUT2D eigenvalue weighted by Gasteiger charge is -2.21. The first-order valence-corrected chi connectivity index (χ1v) is 10.4. The molecule has 4 aromatic rings. The molecule has 7 nitrogen and oxygen atoms in total. The average molecular weight is 467 g/mol. The predicted octanol–water partition coefficient (Wildman–Crippen LogP) is 4.25. The minimum absolute atomic E-state index is 0.646. The number of nitrogens with zero attached hydrogens (tertiary/aromatic N) is 5. The van der Waals surface area contributed by atoms with Gasteiger partial charge in [0.05, 0.1) is 23.0 Å². The van der Waals surface area contributed by atoms with Crippen molar-refractivity contribution in [2.75, 3.05) is 37.5 Å². The molecule has 0 saturated heterocycles. The number of benzene rings is 1. The SMILES string of the molecule is COCCNc1ccc(CN(C)c2cc(-c3ccccc3)nc3c(Br)cnn23)cn1. The summed E-state index contributed by atoms with van der Waals surface area (Å²) in [6.07, 6.45) is 3.66. The van der Waals surface area contributed by atoms with E-state index in [1.165, 1.54) is 0 Å². The van der Waals surface area contributed by atoms with Crippen LogP contribution in [0.1, 0.15) is 5.56 Å². The summed E-state index contributed by atoms with van der Waals surface area (Å²) in [6.45, 7) is 2.07. The zero-order valence-corrected chi connectivity index (χ0v) is 18.5. The van der Waals surface area contributed by atoms with Crippen LogP contribution in [0.3, 0.4) is 0 Å². The molecule has 0 spiro atoms. The van der Waals surface area contributed by atoms with Gasteiger partial charge in [-0.15, -0.1) is 0 Å². The Morgan fingerprint density at radius 2 is 1.97 bits per heavy atom. The van der Waals surface area contributed by atoms with E-state index in [0.717, 1.165) is 45.1 Å². The standard InChI is InChI=1S/C22H23BrN6O/c1-28(15-16-8-9-20(25-13-16)24-10-11-30-2)21-12-19(17-6-4-3-5-7-17)27-22-18(23)14-26-29(21)22/h3-9,12-14H,10-11,15H2,1-2H3,(H,24,25). The van der Waals surface area contributed by atoms with Gasteiger partial charge in [-0.3, -0.25) is 0 Å². The molecule has 0 aliphatic carbocycles. The molecule has 3 heterocycles. The maximum atomic E-state index is 5.05. The summed E-state index contributed by atoms with van der Waals surface area (Å²) in [5.41, 5.74) is 3.86. The van der Waals surface area contributed by atoms with Gasteiger partial charge in [-0.05, 0) is 27.6 Å². The van der Waals surface area contributed by atoms with Crippen molar-refractivity contribution in [1.29, 1.82) is 0 Å². The molecule has 30 heavy (non-hydrogen) atoms. The fourth-order valence-electron chi connectivity index (χ4n) is 3.21. The topological polar surface area (TPSA) is 67.6 Å². The Hall–Kier alpha value is -2.97. The molecule has 3 aromatic heterocycles. The van der Waals surface area contributed by atoms with Gasteiger partial charge in [0.25, 0.3) is 0 Å². The van der Waals surface area contributed by atoms with Crippen molar-refractivity contribution in [3.05, 3.63) is 71.0 Å². The second-order valence-corrected chi connectivity index (χ2v) is 7.78. The van der Waals surface area contributed by atoms with Crippen molar-refractivity contribution in [3.8, 4) is 11.3 Å². The zero-order valence-electron chi connectivity index (χ0n) is 16.9. The van der Waals surface area contributed by atoms with Crippen LogP contribution in [0.25, 0.3) is 16.9 Å². The van der Waals surface area contributed by atoms with E-state index in [4.69, 9.17) is 9.72 Å². The Kier molecular flexibility index (Phi) is 6.25. The third-order valence-corrected chi connectivity index (χ3v) is 5.29. The van der Waals surface area contributed by atoms with Gasteiger partial charge >= 0.3 is 0 Å². The van der Waals surface area contributed by atoms with Crippen LogP contribution in [-0.4, -0.2) is 46.9 Å². The number of halogens is 1. The van der Waals surface area contributed by atoms with E-state index in [1.54, 1.807) is 13.3 Å². The van der Waals surface area contributed by atoms with Crippen LogP contribution < -0.4 is 10.2 Å². The van der Waals surface area contributed by atoms with E-state index in [-0.39, 0.29) is 0 Å². The van der Waals surface area contributed by atoms with Crippen molar-refractivity contribution in [1.82, 2.24) is 19.6 Å². The monoisotopic (exact) mass is 466 g/mol. The molecule has 0 amide bonds. The fourth-order valence-corrected chi connectivity index (χ4v) is 3.56. The second-order valence-electron chi connectivity index (χ2n) is 6.92. The fraction of sp³-hybridized carbons (Fsp3) is 0.227. The first-order chi connectivity index (χ1) is 14.7. The van der Waals surface area contributed by atoms with Crippen LogP contribution in [0, 0.1) is 0 Å². The van der Waals surface area contributed by atoms with E-state index in [2.05, 4.69) is 60.5 Å². The summed E-state index contributed by atoms with van der Waals surface area (Å²) < 4.78 is 7.77. The minimum Gasteiger partial charge on any atom is -0.383 e. The lowest BCUT2D eigenvalue weighted by Crippen LogP contribution is -2.20. The van der Waals surface area contributed by atoms with Crippen LogP contribution in [0.15, 0.2) is 65.4 Å². The number of rotatable bonds is 8. The highest BCUT2D eigenvalue weighted by atomic mass is 79.9. The van der Waals surface area contributed by atoms with Crippen molar-refractivity contribution in [3.63, 3.8) is 0 Å². The van der Waals surface area contributed by atoms with Crippen molar-refractivity contribution < 1.29 is 4.74 Å². The quantitative estimate of drug-likeness (QED) is 0.391. The summed E-state index contributed by atoms with van der Waals surface area (Å²) >= 11 is 3.57. The number of aromatic nitrogens is 4. The van der Waals surface area contributed by atoms with Gasteiger partial charge < -0.3 is 15.0 Å². The van der Waals surface area contributed by atoms with Gasteiger partial charge in [-0.2, -0.15) is 9.61 Å². The maximum absolute atomic E-state index is 5.05. The largest absolute Gasteiger partial charge is 0.383 e. The molecule has 0 atom stereocenters. The summed E-state index contributed by atoms with van der Waals surface area (Å²) in [7, 11) is 3.73. The third kappa shape index (κ3) is 4.44. The van der Waals surface area contributed by atoms with Crippen LogP contribution >= 0.6 is 15.9 Å². The number of anilines is 2. The summed E-state index contributed by atoms with van der Waals surface area (Å²) in [5, 5.41) is 7.73. The molecule has 0 unspecified atom stereocenters. The number of ether oxygens (including phenoxy) is 1. The third-order valence-electron chi connectivity index (χ3n) is 4.73. The Bertz CT molecular complexity index is 1110. The lowest BCUT2D eigenvalue weighted by molar-refractivity contribution is 0.210. The van der Waals surface area contributed by atoms with Crippen LogP contribution in [-0.2, 0) is 11.3 Å². The molecule has 0 aliphatic heterocycles. The van der Waals surface area contributed by atoms with E-state index in [0.29, 0.717) is 13.2 Å². The molecule has 154 valence electrons. The normalized spacial score (nSPS) is 11.0. The molecular weight excluding hydrogens is 444 g/mol. The first-order valence-electron chi connectivity index (χ1n) is 9.64. The highest BCUT2D eigenvalue weighted by molar-refractivity contribution is 9.10. The molecule has 0 aliphatic rings. The molecule has 1 N–H and O–H groups in total. The highest BCUT2D eigenvalue weighted by Gasteiger charge is 2.15. The second kappa shape index (κ2) is 9.23. The van der Waals surface area contributed by atoms with Gasteiger partial charge in [0, 0.05) is 45.1 Å². The molecule has 1 aromatic carbocycles. The summed E-state index contributed by atoms with van der Waals surface area (Å²) in [4.78, 5) is 11.4. The molecule has 0 bridgehead atoms. The molecule has 8 heteroatoms. The average Bonchev–Trinajstić information content (AvgIpc) is 3.16. The van der Waals surface area contributed by atoms with Crippen LogP contribution in [0.2, 0.25) is 0 Å². The molecule has 4 rings (SSSR count). The van der Waals surface area contributed by atoms with Gasteiger partial charge in [0.1, 0.15) is 11.6 Å². The van der Waals surface area contributed by atoms with Crippen molar-refractivity contribution in [2.45, 2.75) is 6.54 Å².